The highest BCUT2D eigenvalue weighted by Gasteiger charge is 2.19. The Morgan fingerprint density at radius 3 is 1.03 bits per heavy atom. The topological polar surface area (TPSA) is 78.9 Å². The lowest BCUT2D eigenvalue weighted by atomic mass is 10.1. The molecule has 0 rings (SSSR count). The third-order valence-corrected chi connectivity index (χ3v) is 8.83. The Labute approximate surface area is 372 Å². The van der Waals surface area contributed by atoms with Crippen LogP contribution in [0.25, 0.3) is 0 Å². The summed E-state index contributed by atoms with van der Waals surface area (Å²) in [5, 5.41) is 0. The third kappa shape index (κ3) is 46.2. The molecule has 0 aliphatic carbocycles. The van der Waals surface area contributed by atoms with E-state index in [0.717, 1.165) is 103 Å². The van der Waals surface area contributed by atoms with Gasteiger partial charge in [-0.15, -0.1) is 0 Å². The van der Waals surface area contributed by atoms with Crippen LogP contribution in [-0.4, -0.2) is 37.2 Å². The summed E-state index contributed by atoms with van der Waals surface area (Å²) in [6, 6.07) is 0. The fourth-order valence-electron chi connectivity index (χ4n) is 5.44. The molecule has 6 nitrogen and oxygen atoms in total. The minimum atomic E-state index is -0.850. The van der Waals surface area contributed by atoms with Crippen LogP contribution in [0.15, 0.2) is 146 Å². The molecule has 0 fully saturated rings. The van der Waals surface area contributed by atoms with Crippen molar-refractivity contribution < 1.29 is 28.6 Å². The monoisotopic (exact) mass is 839 g/mol. The molecule has 61 heavy (non-hydrogen) atoms. The minimum absolute atomic E-state index is 0.147. The van der Waals surface area contributed by atoms with E-state index in [1.54, 1.807) is 0 Å². The van der Waals surface area contributed by atoms with Crippen molar-refractivity contribution in [3.8, 4) is 0 Å². The maximum absolute atomic E-state index is 12.7. The van der Waals surface area contributed by atoms with Crippen LogP contribution in [0.2, 0.25) is 0 Å². The van der Waals surface area contributed by atoms with Crippen molar-refractivity contribution in [1.82, 2.24) is 0 Å². The first kappa shape index (κ1) is 56.3. The van der Waals surface area contributed by atoms with Gasteiger partial charge < -0.3 is 14.2 Å². The Kier molecular flexibility index (Phi) is 44.3. The molecule has 0 heterocycles. The third-order valence-electron chi connectivity index (χ3n) is 8.83. The summed E-state index contributed by atoms with van der Waals surface area (Å²) >= 11 is 0. The maximum atomic E-state index is 12.7. The van der Waals surface area contributed by atoms with E-state index in [1.807, 2.05) is 12.2 Å². The van der Waals surface area contributed by atoms with Crippen LogP contribution in [0.3, 0.4) is 0 Å². The Balaban J connectivity index is 4.64. The number of carbonyl (C=O) groups excluding carboxylic acids is 3. The van der Waals surface area contributed by atoms with E-state index in [2.05, 4.69) is 154 Å². The lowest BCUT2D eigenvalue weighted by molar-refractivity contribution is -0.166. The van der Waals surface area contributed by atoms with Crippen LogP contribution < -0.4 is 0 Å². The van der Waals surface area contributed by atoms with Crippen LogP contribution in [0.4, 0.5) is 0 Å². The average molecular weight is 839 g/mol. The standard InChI is InChI=1S/C55H82O6/c1-4-7-10-13-16-19-22-24-26-28-30-33-36-39-42-45-48-54(57)60-51-52(50-59-53(56)47-44-41-38-35-32-21-18-15-12-9-6-3)61-55(58)49-46-43-40-37-34-31-29-27-25-23-20-17-14-11-8-5-2/h7-12,16-21,24-27,30-31,33-35,38-39,42,52H,4-6,13-15,22-23,28-29,32,36-37,40-41,43-51H2,1-3H3/b10-7-,11-8-,12-9-,19-16-,20-17-,21-18-,26-24-,27-25-,33-30-,34-31-,38-35-,42-39-. The van der Waals surface area contributed by atoms with Crippen molar-refractivity contribution in [2.45, 2.75) is 168 Å². The van der Waals surface area contributed by atoms with Crippen LogP contribution >= 0.6 is 0 Å². The van der Waals surface area contributed by atoms with Gasteiger partial charge in [0.15, 0.2) is 6.10 Å². The summed E-state index contributed by atoms with van der Waals surface area (Å²) in [7, 11) is 0. The highest BCUT2D eigenvalue weighted by atomic mass is 16.6. The molecule has 0 amide bonds. The van der Waals surface area contributed by atoms with Crippen molar-refractivity contribution in [2.75, 3.05) is 13.2 Å². The van der Waals surface area contributed by atoms with E-state index in [9.17, 15) is 14.4 Å². The van der Waals surface area contributed by atoms with Gasteiger partial charge in [-0.25, -0.2) is 0 Å². The van der Waals surface area contributed by atoms with Gasteiger partial charge in [-0.1, -0.05) is 173 Å². The van der Waals surface area contributed by atoms with Gasteiger partial charge in [-0.05, 0) is 116 Å². The molecule has 0 aromatic heterocycles. The molecule has 1 unspecified atom stereocenters. The quantitative estimate of drug-likeness (QED) is 0.0265. The van der Waals surface area contributed by atoms with Gasteiger partial charge in [0, 0.05) is 19.3 Å². The number of rotatable bonds is 39. The predicted octanol–water partition coefficient (Wildman–Crippen LogP) is 15.3. The van der Waals surface area contributed by atoms with E-state index < -0.39 is 6.10 Å². The summed E-state index contributed by atoms with van der Waals surface area (Å²) in [6.45, 7) is 6.10. The largest absolute Gasteiger partial charge is 0.462 e. The second-order valence-corrected chi connectivity index (χ2v) is 14.5. The molecule has 0 aromatic carbocycles. The molecular weight excluding hydrogens is 757 g/mol. The zero-order chi connectivity index (χ0) is 44.4. The Hall–Kier alpha value is -4.71. The summed E-state index contributed by atoms with van der Waals surface area (Å²) < 4.78 is 16.6. The van der Waals surface area contributed by atoms with E-state index >= 15 is 0 Å². The zero-order valence-electron chi connectivity index (χ0n) is 38.4. The van der Waals surface area contributed by atoms with E-state index in [1.165, 1.54) is 0 Å². The number of hydrogen-bond donors (Lipinski definition) is 0. The van der Waals surface area contributed by atoms with Gasteiger partial charge in [0.25, 0.3) is 0 Å². The van der Waals surface area contributed by atoms with Crippen molar-refractivity contribution >= 4 is 17.9 Å². The molecule has 0 saturated heterocycles. The number of unbranched alkanes of at least 4 members (excludes halogenated alkanes) is 4. The first-order chi connectivity index (χ1) is 30.0. The molecule has 0 aliphatic heterocycles. The zero-order valence-corrected chi connectivity index (χ0v) is 38.4. The predicted molar refractivity (Wildman–Crippen MR) is 260 cm³/mol. The summed E-state index contributed by atoms with van der Waals surface area (Å²) in [6.07, 6.45) is 68.5. The second kappa shape index (κ2) is 48.0. The highest BCUT2D eigenvalue weighted by Crippen LogP contribution is 2.09. The summed E-state index contributed by atoms with van der Waals surface area (Å²) in [5.41, 5.74) is 0. The number of esters is 3. The molecule has 0 aliphatic rings. The lowest BCUT2D eigenvalue weighted by Gasteiger charge is -2.18. The van der Waals surface area contributed by atoms with Crippen molar-refractivity contribution in [3.63, 3.8) is 0 Å². The number of allylic oxidation sites excluding steroid dienone is 24. The fraction of sp³-hybridized carbons (Fsp3) is 0.509. The van der Waals surface area contributed by atoms with Gasteiger partial charge in [0.1, 0.15) is 13.2 Å². The SMILES string of the molecule is CC/C=C\C/C=C\C/C=C\C/C=C\C/C=C\CCC(=O)OCC(COC(=O)CCC/C=C\C/C=C\C/C=C\CC)OC(=O)CCCCC/C=C\C/C=C\C/C=C\C/C=C\CC. The fourth-order valence-corrected chi connectivity index (χ4v) is 5.44. The van der Waals surface area contributed by atoms with E-state index in [4.69, 9.17) is 14.2 Å². The van der Waals surface area contributed by atoms with Crippen molar-refractivity contribution in [2.24, 2.45) is 0 Å². The average Bonchev–Trinajstić information content (AvgIpc) is 3.26. The normalized spacial score (nSPS) is 13.4. The molecule has 0 N–H and O–H groups in total. The molecule has 6 heteroatoms. The van der Waals surface area contributed by atoms with Crippen molar-refractivity contribution in [1.29, 1.82) is 0 Å². The molecule has 0 radical (unpaired) electrons. The Morgan fingerprint density at radius 1 is 0.328 bits per heavy atom. The van der Waals surface area contributed by atoms with Gasteiger partial charge in [0.05, 0.1) is 0 Å². The highest BCUT2D eigenvalue weighted by molar-refractivity contribution is 5.71. The minimum Gasteiger partial charge on any atom is -0.462 e. The maximum Gasteiger partial charge on any atom is 0.306 e. The molecule has 0 aromatic rings. The molecule has 0 bridgehead atoms. The lowest BCUT2D eigenvalue weighted by Crippen LogP contribution is -2.30. The Bertz CT molecular complexity index is 1430. The van der Waals surface area contributed by atoms with Gasteiger partial charge in [-0.2, -0.15) is 0 Å². The van der Waals surface area contributed by atoms with E-state index in [0.29, 0.717) is 19.3 Å². The van der Waals surface area contributed by atoms with Crippen molar-refractivity contribution in [3.05, 3.63) is 146 Å². The first-order valence-electron chi connectivity index (χ1n) is 23.3. The van der Waals surface area contributed by atoms with Crippen LogP contribution in [0.5, 0.6) is 0 Å². The molecule has 1 atom stereocenters. The molecule has 338 valence electrons. The molecular formula is C55H82O6. The van der Waals surface area contributed by atoms with Gasteiger partial charge >= 0.3 is 17.9 Å². The molecule has 0 spiro atoms. The van der Waals surface area contributed by atoms with Gasteiger partial charge in [0.2, 0.25) is 0 Å². The second-order valence-electron chi connectivity index (χ2n) is 14.5. The first-order valence-corrected chi connectivity index (χ1v) is 23.3. The molecule has 0 saturated carbocycles. The number of carbonyl (C=O) groups is 3. The van der Waals surface area contributed by atoms with Crippen LogP contribution in [0.1, 0.15) is 162 Å². The van der Waals surface area contributed by atoms with Crippen LogP contribution in [0, 0.1) is 0 Å². The number of hydrogen-bond acceptors (Lipinski definition) is 6. The van der Waals surface area contributed by atoms with Crippen LogP contribution in [-0.2, 0) is 28.6 Å². The van der Waals surface area contributed by atoms with E-state index in [-0.39, 0.29) is 50.4 Å². The van der Waals surface area contributed by atoms with Gasteiger partial charge in [-0.3, -0.25) is 14.4 Å². The Morgan fingerprint density at radius 2 is 0.639 bits per heavy atom. The smallest absolute Gasteiger partial charge is 0.306 e. The summed E-state index contributed by atoms with van der Waals surface area (Å²) in [5.74, 6) is -1.13. The summed E-state index contributed by atoms with van der Waals surface area (Å²) in [4.78, 5) is 37.8. The number of ether oxygens (including phenoxy) is 3.